The number of rotatable bonds is 3. The molecule has 29 heavy (non-hydrogen) atoms. The smallest absolute Gasteiger partial charge is 0.322 e. The van der Waals surface area contributed by atoms with Crippen LogP contribution in [0, 0.1) is 0 Å². The number of oxazole rings is 1. The predicted octanol–water partition coefficient (Wildman–Crippen LogP) is 5.86. The summed E-state index contributed by atoms with van der Waals surface area (Å²) in [4.78, 5) is 19.3. The van der Waals surface area contributed by atoms with Crippen LogP contribution < -0.4 is 5.32 Å². The van der Waals surface area contributed by atoms with Crippen LogP contribution in [0.5, 0.6) is 0 Å². The molecule has 1 fully saturated rings. The van der Waals surface area contributed by atoms with Gasteiger partial charge in [-0.2, -0.15) is 0 Å². The van der Waals surface area contributed by atoms with Gasteiger partial charge < -0.3 is 14.6 Å². The molecule has 0 radical (unpaired) electrons. The molecule has 5 heteroatoms. The number of likely N-dealkylation sites (tertiary alicyclic amines) is 1. The summed E-state index contributed by atoms with van der Waals surface area (Å²) in [7, 11) is 0. The third-order valence-corrected chi connectivity index (χ3v) is 5.34. The maximum atomic E-state index is 12.8. The lowest BCUT2D eigenvalue weighted by molar-refractivity contribution is 0.199. The van der Waals surface area contributed by atoms with Crippen molar-refractivity contribution < 1.29 is 9.21 Å². The van der Waals surface area contributed by atoms with Crippen molar-refractivity contribution in [2.75, 3.05) is 11.9 Å². The Balaban J connectivity index is 1.41. The maximum absolute atomic E-state index is 12.8. The average Bonchev–Trinajstić information content (AvgIpc) is 3.41. The van der Waals surface area contributed by atoms with E-state index in [2.05, 4.69) is 17.4 Å². The number of amides is 2. The van der Waals surface area contributed by atoms with E-state index in [-0.39, 0.29) is 12.1 Å². The molecule has 3 aromatic carbocycles. The van der Waals surface area contributed by atoms with Crippen LogP contribution in [-0.4, -0.2) is 22.5 Å². The third-order valence-electron chi connectivity index (χ3n) is 5.34. The first-order chi connectivity index (χ1) is 14.3. The van der Waals surface area contributed by atoms with Crippen LogP contribution in [0.1, 0.15) is 24.8 Å². The third kappa shape index (κ3) is 3.47. The molecule has 0 spiro atoms. The molecule has 5 rings (SSSR count). The SMILES string of the molecule is O=C(Nc1ccccc1)N1CCC[C@@H]1c1nc2cc(-c3ccccc3)ccc2o1. The summed E-state index contributed by atoms with van der Waals surface area (Å²) in [5.74, 6) is 0.603. The molecule has 0 bridgehead atoms. The van der Waals surface area contributed by atoms with Gasteiger partial charge >= 0.3 is 6.03 Å². The Labute approximate surface area is 169 Å². The Morgan fingerprint density at radius 3 is 2.52 bits per heavy atom. The van der Waals surface area contributed by atoms with Gasteiger partial charge in [0.1, 0.15) is 11.6 Å². The van der Waals surface area contributed by atoms with Gasteiger partial charge in [0.25, 0.3) is 0 Å². The molecule has 144 valence electrons. The Morgan fingerprint density at radius 1 is 0.966 bits per heavy atom. The molecule has 2 heterocycles. The van der Waals surface area contributed by atoms with Gasteiger partial charge in [-0.3, -0.25) is 0 Å². The van der Waals surface area contributed by atoms with E-state index in [1.807, 2.05) is 71.6 Å². The molecule has 1 aliphatic heterocycles. The van der Waals surface area contributed by atoms with Crippen LogP contribution >= 0.6 is 0 Å². The van der Waals surface area contributed by atoms with Crippen molar-refractivity contribution in [1.82, 2.24) is 9.88 Å². The zero-order chi connectivity index (χ0) is 19.6. The van der Waals surface area contributed by atoms with Crippen LogP contribution in [-0.2, 0) is 0 Å². The molecule has 0 aliphatic carbocycles. The van der Waals surface area contributed by atoms with E-state index in [0.29, 0.717) is 12.4 Å². The van der Waals surface area contributed by atoms with Gasteiger partial charge in [0.05, 0.1) is 0 Å². The largest absolute Gasteiger partial charge is 0.438 e. The van der Waals surface area contributed by atoms with E-state index in [1.54, 1.807) is 0 Å². The Kier molecular flexibility index (Phi) is 4.48. The standard InChI is InChI=1S/C24H21N3O2/c28-24(25-19-10-5-2-6-11-19)27-15-7-12-21(27)23-26-20-16-18(13-14-22(20)29-23)17-8-3-1-4-9-17/h1-6,8-11,13-14,16,21H,7,12,15H2,(H,25,28)/t21-/m1/s1. The molecule has 1 aliphatic rings. The van der Waals surface area contributed by atoms with Crippen molar-refractivity contribution in [1.29, 1.82) is 0 Å². The van der Waals surface area contributed by atoms with Crippen molar-refractivity contribution in [2.45, 2.75) is 18.9 Å². The minimum absolute atomic E-state index is 0.120. The van der Waals surface area contributed by atoms with Crippen molar-refractivity contribution in [3.05, 3.63) is 84.8 Å². The normalized spacial score (nSPS) is 16.3. The molecule has 1 atom stereocenters. The number of hydrogen-bond donors (Lipinski definition) is 1. The van der Waals surface area contributed by atoms with E-state index < -0.39 is 0 Å². The summed E-state index contributed by atoms with van der Waals surface area (Å²) < 4.78 is 6.04. The highest BCUT2D eigenvalue weighted by atomic mass is 16.4. The summed E-state index contributed by atoms with van der Waals surface area (Å²) >= 11 is 0. The second kappa shape index (κ2) is 7.43. The number of carbonyl (C=O) groups excluding carboxylic acids is 1. The molecule has 0 saturated carbocycles. The van der Waals surface area contributed by atoms with Crippen molar-refractivity contribution in [2.24, 2.45) is 0 Å². The first kappa shape index (κ1) is 17.5. The molecule has 4 aromatic rings. The van der Waals surface area contributed by atoms with Gasteiger partial charge in [0.2, 0.25) is 5.89 Å². The van der Waals surface area contributed by atoms with Crippen LogP contribution in [0.2, 0.25) is 0 Å². The molecule has 1 N–H and O–H groups in total. The van der Waals surface area contributed by atoms with E-state index in [9.17, 15) is 4.79 Å². The Bertz CT molecular complexity index is 1140. The number of carbonyl (C=O) groups is 1. The van der Waals surface area contributed by atoms with Gasteiger partial charge in [-0.05, 0) is 48.2 Å². The minimum Gasteiger partial charge on any atom is -0.438 e. The summed E-state index contributed by atoms with van der Waals surface area (Å²) in [6.45, 7) is 0.692. The molecule has 2 amide bonds. The summed E-state index contributed by atoms with van der Waals surface area (Å²) in [5, 5.41) is 2.97. The van der Waals surface area contributed by atoms with Gasteiger partial charge in [-0.15, -0.1) is 0 Å². The average molecular weight is 383 g/mol. The molecule has 1 aromatic heterocycles. The lowest BCUT2D eigenvalue weighted by Crippen LogP contribution is -2.34. The van der Waals surface area contributed by atoms with E-state index in [0.717, 1.165) is 40.8 Å². The number of hydrogen-bond acceptors (Lipinski definition) is 3. The maximum Gasteiger partial charge on any atom is 0.322 e. The second-order valence-corrected chi connectivity index (χ2v) is 7.25. The lowest BCUT2D eigenvalue weighted by atomic mass is 10.1. The topological polar surface area (TPSA) is 58.4 Å². The van der Waals surface area contributed by atoms with Gasteiger partial charge in [0, 0.05) is 12.2 Å². The molecular weight excluding hydrogens is 362 g/mol. The quantitative estimate of drug-likeness (QED) is 0.482. The molecule has 0 unspecified atom stereocenters. The van der Waals surface area contributed by atoms with Crippen molar-refractivity contribution in [3.63, 3.8) is 0 Å². The van der Waals surface area contributed by atoms with Gasteiger partial charge in [-0.25, -0.2) is 9.78 Å². The van der Waals surface area contributed by atoms with Crippen molar-refractivity contribution in [3.8, 4) is 11.1 Å². The first-order valence-electron chi connectivity index (χ1n) is 9.86. The van der Waals surface area contributed by atoms with Crippen LogP contribution in [0.15, 0.2) is 83.3 Å². The number of nitrogens with zero attached hydrogens (tertiary/aromatic N) is 2. The highest BCUT2D eigenvalue weighted by Gasteiger charge is 2.33. The lowest BCUT2D eigenvalue weighted by Gasteiger charge is -2.22. The molecule has 5 nitrogen and oxygen atoms in total. The summed E-state index contributed by atoms with van der Waals surface area (Å²) in [5.41, 5.74) is 4.59. The summed E-state index contributed by atoms with van der Waals surface area (Å²) in [6, 6.07) is 25.5. The number of nitrogens with one attached hydrogen (secondary N) is 1. The van der Waals surface area contributed by atoms with E-state index in [4.69, 9.17) is 9.40 Å². The fourth-order valence-corrected chi connectivity index (χ4v) is 3.88. The number of urea groups is 1. The second-order valence-electron chi connectivity index (χ2n) is 7.25. The highest BCUT2D eigenvalue weighted by molar-refractivity contribution is 5.89. The molecular formula is C24H21N3O2. The Hall–Kier alpha value is -3.60. The van der Waals surface area contributed by atoms with Crippen LogP contribution in [0.25, 0.3) is 22.2 Å². The van der Waals surface area contributed by atoms with Gasteiger partial charge in [0.15, 0.2) is 5.58 Å². The zero-order valence-electron chi connectivity index (χ0n) is 15.9. The number of aromatic nitrogens is 1. The first-order valence-corrected chi connectivity index (χ1v) is 9.86. The van der Waals surface area contributed by atoms with E-state index in [1.165, 1.54) is 0 Å². The van der Waals surface area contributed by atoms with Gasteiger partial charge in [-0.1, -0.05) is 54.6 Å². The van der Waals surface area contributed by atoms with E-state index >= 15 is 0 Å². The minimum atomic E-state index is -0.147. The number of fused-ring (bicyclic) bond motifs is 1. The Morgan fingerprint density at radius 2 is 1.72 bits per heavy atom. The monoisotopic (exact) mass is 383 g/mol. The van der Waals surface area contributed by atoms with Crippen molar-refractivity contribution >= 4 is 22.8 Å². The fraction of sp³-hybridized carbons (Fsp3) is 0.167. The van der Waals surface area contributed by atoms with Crippen LogP contribution in [0.3, 0.4) is 0 Å². The number of benzene rings is 3. The highest BCUT2D eigenvalue weighted by Crippen LogP contribution is 2.34. The fourth-order valence-electron chi connectivity index (χ4n) is 3.88. The zero-order valence-corrected chi connectivity index (χ0v) is 15.9. The predicted molar refractivity (Wildman–Crippen MR) is 114 cm³/mol. The van der Waals surface area contributed by atoms with Crippen LogP contribution in [0.4, 0.5) is 10.5 Å². The molecule has 1 saturated heterocycles. The summed E-state index contributed by atoms with van der Waals surface area (Å²) in [6.07, 6.45) is 1.78. The number of anilines is 1. The number of para-hydroxylation sites is 1.